The van der Waals surface area contributed by atoms with Crippen LogP contribution in [0.4, 0.5) is 0 Å². The number of benzene rings is 1. The molecule has 0 aromatic heterocycles. The Morgan fingerprint density at radius 1 is 0.583 bits per heavy atom. The topological polar surface area (TPSA) is 19.9 Å². The van der Waals surface area contributed by atoms with Gasteiger partial charge in [-0.25, -0.2) is 0 Å². The second-order valence-electron chi connectivity index (χ2n) is 3.45. The molecule has 0 spiro atoms. The average Bonchev–Trinajstić information content (AvgIpc) is 2.08. The Kier molecular flexibility index (Phi) is 2.14. The lowest BCUT2D eigenvalue weighted by Crippen LogP contribution is -1.94. The summed E-state index contributed by atoms with van der Waals surface area (Å²) in [6.45, 7) is 9.90. The smallest absolute Gasteiger partial charge is 0.184 e. The molecule has 0 unspecified atom stereocenters. The van der Waals surface area contributed by atoms with Crippen LogP contribution < -0.4 is 0 Å². The minimum atomic E-state index is 0.204. The highest BCUT2D eigenvalue weighted by atomic mass is 16.3. The minimum absolute atomic E-state index is 0.204. The van der Waals surface area contributed by atoms with Crippen molar-refractivity contribution in [2.75, 3.05) is 0 Å². The third-order valence-electron chi connectivity index (χ3n) is 2.93. The SMILES string of the molecule is Cc1c(C)c(C)c([O])c(C)c1C. The molecule has 0 atom stereocenters. The molecule has 0 saturated carbocycles. The molecule has 65 valence electrons. The first kappa shape index (κ1) is 9.11. The molecule has 1 radical (unpaired) electrons. The van der Waals surface area contributed by atoms with Crippen molar-refractivity contribution >= 4 is 0 Å². The molecular weight excluding hydrogens is 148 g/mol. The van der Waals surface area contributed by atoms with Crippen LogP contribution in [0.25, 0.3) is 0 Å². The van der Waals surface area contributed by atoms with E-state index in [9.17, 15) is 5.11 Å². The predicted molar refractivity (Wildman–Crippen MR) is 50.3 cm³/mol. The van der Waals surface area contributed by atoms with Gasteiger partial charge in [0.15, 0.2) is 5.75 Å². The van der Waals surface area contributed by atoms with E-state index in [-0.39, 0.29) is 5.75 Å². The lowest BCUT2D eigenvalue weighted by molar-refractivity contribution is 0.347. The zero-order valence-electron chi connectivity index (χ0n) is 8.41. The van der Waals surface area contributed by atoms with Crippen LogP contribution in [-0.2, 0) is 5.11 Å². The maximum absolute atomic E-state index is 11.6. The Morgan fingerprint density at radius 3 is 1.17 bits per heavy atom. The molecule has 1 nitrogen and oxygen atoms in total. The van der Waals surface area contributed by atoms with Gasteiger partial charge >= 0.3 is 0 Å². The molecule has 0 fully saturated rings. The second kappa shape index (κ2) is 2.81. The third-order valence-corrected chi connectivity index (χ3v) is 2.93. The van der Waals surface area contributed by atoms with E-state index in [1.807, 2.05) is 27.7 Å². The lowest BCUT2D eigenvalue weighted by atomic mass is 9.94. The van der Waals surface area contributed by atoms with Crippen molar-refractivity contribution in [1.82, 2.24) is 0 Å². The van der Waals surface area contributed by atoms with Crippen LogP contribution in [0.3, 0.4) is 0 Å². The maximum atomic E-state index is 11.6. The summed E-state index contributed by atoms with van der Waals surface area (Å²) in [5.74, 6) is 0.204. The second-order valence-corrected chi connectivity index (χ2v) is 3.45. The van der Waals surface area contributed by atoms with Crippen LogP contribution in [0.1, 0.15) is 27.8 Å². The van der Waals surface area contributed by atoms with Crippen LogP contribution in [0.2, 0.25) is 0 Å². The van der Waals surface area contributed by atoms with E-state index >= 15 is 0 Å². The van der Waals surface area contributed by atoms with Crippen molar-refractivity contribution in [2.24, 2.45) is 0 Å². The van der Waals surface area contributed by atoms with Gasteiger partial charge in [0.1, 0.15) is 0 Å². The summed E-state index contributed by atoms with van der Waals surface area (Å²) in [5.41, 5.74) is 5.34. The van der Waals surface area contributed by atoms with Gasteiger partial charge in [-0.3, -0.25) is 5.11 Å². The van der Waals surface area contributed by atoms with Gasteiger partial charge in [0.05, 0.1) is 0 Å². The summed E-state index contributed by atoms with van der Waals surface area (Å²) in [6, 6.07) is 0. The van der Waals surface area contributed by atoms with Crippen LogP contribution in [0, 0.1) is 34.6 Å². The Hall–Kier alpha value is -0.980. The average molecular weight is 163 g/mol. The molecule has 0 bridgehead atoms. The molecule has 0 aliphatic rings. The van der Waals surface area contributed by atoms with Crippen LogP contribution in [-0.4, -0.2) is 0 Å². The zero-order chi connectivity index (χ0) is 9.46. The third kappa shape index (κ3) is 1.09. The van der Waals surface area contributed by atoms with Crippen LogP contribution in [0.5, 0.6) is 5.75 Å². The number of hydrogen-bond acceptors (Lipinski definition) is 0. The fourth-order valence-corrected chi connectivity index (χ4v) is 1.47. The van der Waals surface area contributed by atoms with E-state index in [4.69, 9.17) is 0 Å². The fourth-order valence-electron chi connectivity index (χ4n) is 1.47. The quantitative estimate of drug-likeness (QED) is 0.558. The van der Waals surface area contributed by atoms with Crippen molar-refractivity contribution in [2.45, 2.75) is 34.6 Å². The van der Waals surface area contributed by atoms with Crippen molar-refractivity contribution in [3.05, 3.63) is 27.8 Å². The van der Waals surface area contributed by atoms with E-state index < -0.39 is 0 Å². The van der Waals surface area contributed by atoms with Gasteiger partial charge in [0, 0.05) is 0 Å². The molecule has 1 rings (SSSR count). The van der Waals surface area contributed by atoms with Crippen LogP contribution in [0.15, 0.2) is 0 Å². The summed E-state index contributed by atoms with van der Waals surface area (Å²) < 4.78 is 0. The van der Waals surface area contributed by atoms with Gasteiger partial charge in [-0.2, -0.15) is 0 Å². The summed E-state index contributed by atoms with van der Waals surface area (Å²) in [5, 5.41) is 11.6. The highest BCUT2D eigenvalue weighted by molar-refractivity contribution is 5.52. The molecule has 1 heteroatoms. The predicted octanol–water partition coefficient (Wildman–Crippen LogP) is 3.37. The van der Waals surface area contributed by atoms with Gasteiger partial charge in [0.25, 0.3) is 0 Å². The summed E-state index contributed by atoms with van der Waals surface area (Å²) in [4.78, 5) is 0. The Labute approximate surface area is 74.1 Å². The summed E-state index contributed by atoms with van der Waals surface area (Å²) in [6.07, 6.45) is 0. The molecule has 1 aromatic carbocycles. The van der Waals surface area contributed by atoms with Crippen molar-refractivity contribution in [3.63, 3.8) is 0 Å². The number of rotatable bonds is 0. The maximum Gasteiger partial charge on any atom is 0.184 e. The first-order chi connectivity index (χ1) is 5.46. The first-order valence-corrected chi connectivity index (χ1v) is 4.20. The standard InChI is InChI=1S/C11H15O/c1-6-7(2)9(4)11(12)10(5)8(6)3/h1-5H3. The molecule has 0 aliphatic heterocycles. The molecule has 0 N–H and O–H groups in total. The summed E-state index contributed by atoms with van der Waals surface area (Å²) in [7, 11) is 0. The van der Waals surface area contributed by atoms with E-state index in [0.29, 0.717) is 0 Å². The largest absolute Gasteiger partial charge is 0.289 e. The van der Waals surface area contributed by atoms with Gasteiger partial charge in [0.2, 0.25) is 0 Å². The Bertz CT molecular complexity index is 219. The zero-order valence-corrected chi connectivity index (χ0v) is 8.41. The molecule has 0 aliphatic carbocycles. The van der Waals surface area contributed by atoms with Gasteiger partial charge < -0.3 is 0 Å². The number of hydrogen-bond donors (Lipinski definition) is 0. The Morgan fingerprint density at radius 2 is 0.833 bits per heavy atom. The van der Waals surface area contributed by atoms with E-state index in [1.165, 1.54) is 5.56 Å². The lowest BCUT2D eigenvalue weighted by Gasteiger charge is -2.12. The highest BCUT2D eigenvalue weighted by Crippen LogP contribution is 2.31. The first-order valence-electron chi connectivity index (χ1n) is 4.20. The van der Waals surface area contributed by atoms with Crippen molar-refractivity contribution < 1.29 is 5.11 Å². The minimum Gasteiger partial charge on any atom is -0.289 e. The highest BCUT2D eigenvalue weighted by Gasteiger charge is 2.11. The Balaban J connectivity index is 3.60. The monoisotopic (exact) mass is 163 g/mol. The van der Waals surface area contributed by atoms with Crippen molar-refractivity contribution in [3.8, 4) is 5.75 Å². The van der Waals surface area contributed by atoms with E-state index in [0.717, 1.165) is 22.3 Å². The van der Waals surface area contributed by atoms with Gasteiger partial charge in [-0.05, 0) is 62.4 Å². The van der Waals surface area contributed by atoms with Gasteiger partial charge in [-0.15, -0.1) is 0 Å². The molecular formula is C11H15O. The molecule has 1 aromatic rings. The van der Waals surface area contributed by atoms with Crippen molar-refractivity contribution in [1.29, 1.82) is 0 Å². The molecule has 0 amide bonds. The van der Waals surface area contributed by atoms with E-state index in [1.54, 1.807) is 0 Å². The normalized spacial score (nSPS) is 10.4. The molecule has 0 heterocycles. The van der Waals surface area contributed by atoms with Crippen LogP contribution >= 0.6 is 0 Å². The molecule has 12 heavy (non-hydrogen) atoms. The van der Waals surface area contributed by atoms with Gasteiger partial charge in [-0.1, -0.05) is 0 Å². The van der Waals surface area contributed by atoms with E-state index in [2.05, 4.69) is 6.92 Å². The fraction of sp³-hybridized carbons (Fsp3) is 0.455. The molecule has 0 saturated heterocycles. The summed E-state index contributed by atoms with van der Waals surface area (Å²) >= 11 is 0.